The number of hydrogen-bond donors (Lipinski definition) is 0. The van der Waals surface area contributed by atoms with E-state index in [4.69, 9.17) is 22.8 Å². The van der Waals surface area contributed by atoms with E-state index in [1.165, 1.54) is 0 Å². The topological polar surface area (TPSA) is 46.2 Å². The molecule has 0 bridgehead atoms. The molecule has 0 aliphatic carbocycles. The van der Waals surface area contributed by atoms with Gasteiger partial charge in [-0.15, -0.1) is 0 Å². The molecule has 0 atom stereocenters. The molecule has 102 valence electrons. The van der Waals surface area contributed by atoms with Crippen LogP contribution in [0, 0.1) is 0 Å². The predicted octanol–water partition coefficient (Wildman–Crippen LogP) is 1.66. The van der Waals surface area contributed by atoms with Gasteiger partial charge in [-0.1, -0.05) is 0 Å². The molecule has 0 unspecified atom stereocenters. The van der Waals surface area contributed by atoms with Crippen LogP contribution in [-0.2, 0) is 19.3 Å². The van der Waals surface area contributed by atoms with E-state index in [1.54, 1.807) is 35.5 Å². The van der Waals surface area contributed by atoms with E-state index < -0.39 is 8.80 Å². The molecule has 0 saturated carbocycles. The summed E-state index contributed by atoms with van der Waals surface area (Å²) in [6, 6.07) is 6.21. The van der Waals surface area contributed by atoms with E-state index >= 15 is 0 Å². The minimum Gasteiger partial charge on any atom is -0.497 e. The zero-order chi connectivity index (χ0) is 13.6. The third kappa shape index (κ3) is 3.46. The molecule has 0 aliphatic heterocycles. The second-order valence-corrected chi connectivity index (χ2v) is 6.64. The molecule has 1 aromatic carbocycles. The van der Waals surface area contributed by atoms with Gasteiger partial charge in [0.25, 0.3) is 0 Å². The van der Waals surface area contributed by atoms with Gasteiger partial charge in [-0.25, -0.2) is 0 Å². The van der Waals surface area contributed by atoms with E-state index in [0.29, 0.717) is 6.04 Å². The monoisotopic (exact) mass is 272 g/mol. The first-order chi connectivity index (χ1) is 8.62. The Morgan fingerprint density at radius 3 is 1.56 bits per heavy atom. The molecule has 0 aromatic heterocycles. The van der Waals surface area contributed by atoms with Gasteiger partial charge in [0.05, 0.1) is 14.2 Å². The quantitative estimate of drug-likeness (QED) is 0.707. The van der Waals surface area contributed by atoms with Gasteiger partial charge in [0.2, 0.25) is 0 Å². The first kappa shape index (κ1) is 15.0. The van der Waals surface area contributed by atoms with E-state index in [1.807, 2.05) is 18.2 Å². The van der Waals surface area contributed by atoms with Crippen molar-refractivity contribution in [1.29, 1.82) is 0 Å². The fourth-order valence-electron chi connectivity index (χ4n) is 1.68. The molecule has 6 heteroatoms. The van der Waals surface area contributed by atoms with Gasteiger partial charge in [0.15, 0.2) is 0 Å². The highest BCUT2D eigenvalue weighted by molar-refractivity contribution is 6.60. The van der Waals surface area contributed by atoms with E-state index in [0.717, 1.165) is 17.1 Å². The molecular formula is C12H20O5Si. The largest absolute Gasteiger partial charge is 0.504 e. The normalized spacial score (nSPS) is 11.4. The number of ether oxygens (including phenoxy) is 2. The third-order valence-corrected chi connectivity index (χ3v) is 5.47. The van der Waals surface area contributed by atoms with Crippen LogP contribution in [0.5, 0.6) is 11.5 Å². The average Bonchev–Trinajstić information content (AvgIpc) is 2.44. The fraction of sp³-hybridized carbons (Fsp3) is 0.500. The van der Waals surface area contributed by atoms with Crippen molar-refractivity contribution in [3.63, 3.8) is 0 Å². The molecule has 1 aromatic rings. The Morgan fingerprint density at radius 2 is 1.22 bits per heavy atom. The molecule has 0 radical (unpaired) electrons. The van der Waals surface area contributed by atoms with Crippen LogP contribution in [0.2, 0.25) is 0 Å². The summed E-state index contributed by atoms with van der Waals surface area (Å²) in [7, 11) is 5.38. The number of methoxy groups -OCH3 is 2. The second-order valence-electron chi connectivity index (χ2n) is 3.69. The molecule has 0 heterocycles. The highest BCUT2D eigenvalue weighted by atomic mass is 28.4. The van der Waals surface area contributed by atoms with E-state index in [2.05, 4.69) is 0 Å². The second kappa shape index (κ2) is 6.74. The molecule has 0 aliphatic rings. The minimum atomic E-state index is -2.64. The van der Waals surface area contributed by atoms with Crippen LogP contribution in [0.3, 0.4) is 0 Å². The molecule has 5 nitrogen and oxygen atoms in total. The van der Waals surface area contributed by atoms with Crippen molar-refractivity contribution >= 4 is 8.80 Å². The van der Waals surface area contributed by atoms with Crippen LogP contribution in [-0.4, -0.2) is 44.4 Å². The maximum absolute atomic E-state index is 5.40. The van der Waals surface area contributed by atoms with Crippen molar-refractivity contribution in [1.82, 2.24) is 0 Å². The van der Waals surface area contributed by atoms with Crippen molar-refractivity contribution in [2.45, 2.75) is 6.04 Å². The summed E-state index contributed by atoms with van der Waals surface area (Å²) < 4.78 is 26.7. The lowest BCUT2D eigenvalue weighted by Gasteiger charge is -2.24. The maximum Gasteiger partial charge on any atom is 0.504 e. The zero-order valence-corrected chi connectivity index (χ0v) is 12.5. The van der Waals surface area contributed by atoms with Gasteiger partial charge in [0.1, 0.15) is 11.5 Å². The van der Waals surface area contributed by atoms with Crippen molar-refractivity contribution in [2.24, 2.45) is 0 Å². The Hall–Kier alpha value is -1.08. The molecule has 0 saturated heterocycles. The fourth-order valence-corrected chi connectivity index (χ4v) is 3.32. The van der Waals surface area contributed by atoms with E-state index in [-0.39, 0.29) is 0 Å². The Kier molecular flexibility index (Phi) is 5.61. The Bertz CT molecular complexity index is 348. The summed E-state index contributed by atoms with van der Waals surface area (Å²) in [4.78, 5) is 0. The summed E-state index contributed by atoms with van der Waals surface area (Å²) in [6.07, 6.45) is 0. The lowest BCUT2D eigenvalue weighted by Crippen LogP contribution is -2.45. The minimum absolute atomic E-state index is 0.560. The summed E-state index contributed by atoms with van der Waals surface area (Å²) in [5.74, 6) is 1.46. The van der Waals surface area contributed by atoms with Crippen LogP contribution in [0.25, 0.3) is 0 Å². The standard InChI is InChI=1S/C12H20O5Si/c1-13-11-6-10(7-12(8-11)14-2)9-18(15-3,16-4)17-5/h6-8H,9H2,1-5H3. The van der Waals surface area contributed by atoms with Crippen LogP contribution >= 0.6 is 0 Å². The highest BCUT2D eigenvalue weighted by Crippen LogP contribution is 2.25. The van der Waals surface area contributed by atoms with Crippen LogP contribution in [0.4, 0.5) is 0 Å². The van der Waals surface area contributed by atoms with Gasteiger partial charge >= 0.3 is 8.80 Å². The first-order valence-corrected chi connectivity index (χ1v) is 7.43. The van der Waals surface area contributed by atoms with Crippen molar-refractivity contribution in [3.05, 3.63) is 23.8 Å². The predicted molar refractivity (Wildman–Crippen MR) is 70.0 cm³/mol. The van der Waals surface area contributed by atoms with Gasteiger partial charge in [-0.3, -0.25) is 0 Å². The molecule has 0 fully saturated rings. The maximum atomic E-state index is 5.40. The van der Waals surface area contributed by atoms with Crippen LogP contribution in [0.1, 0.15) is 5.56 Å². The SMILES string of the molecule is COc1cc(C[Si](OC)(OC)OC)cc(OC)c1. The molecule has 1 rings (SSSR count). The molecular weight excluding hydrogens is 252 g/mol. The summed E-state index contributed by atoms with van der Waals surface area (Å²) in [5.41, 5.74) is 0.989. The lowest BCUT2D eigenvalue weighted by molar-refractivity contribution is 0.122. The summed E-state index contributed by atoms with van der Waals surface area (Å²) in [6.45, 7) is 0. The third-order valence-electron chi connectivity index (χ3n) is 2.76. The van der Waals surface area contributed by atoms with E-state index in [9.17, 15) is 0 Å². The Balaban J connectivity index is 3.01. The van der Waals surface area contributed by atoms with Gasteiger partial charge in [0, 0.05) is 33.4 Å². The smallest absolute Gasteiger partial charge is 0.497 e. The zero-order valence-electron chi connectivity index (χ0n) is 11.5. The Morgan fingerprint density at radius 1 is 0.778 bits per heavy atom. The van der Waals surface area contributed by atoms with Gasteiger partial charge < -0.3 is 22.8 Å². The van der Waals surface area contributed by atoms with Crippen LogP contribution in [0.15, 0.2) is 18.2 Å². The Labute approximate surface area is 109 Å². The lowest BCUT2D eigenvalue weighted by atomic mass is 10.2. The summed E-state index contributed by atoms with van der Waals surface area (Å²) in [5, 5.41) is 0. The highest BCUT2D eigenvalue weighted by Gasteiger charge is 2.38. The molecule has 0 amide bonds. The van der Waals surface area contributed by atoms with Gasteiger partial charge in [-0.05, 0) is 17.7 Å². The average molecular weight is 272 g/mol. The van der Waals surface area contributed by atoms with Crippen LogP contribution < -0.4 is 9.47 Å². The molecule has 18 heavy (non-hydrogen) atoms. The van der Waals surface area contributed by atoms with Crippen molar-refractivity contribution in [2.75, 3.05) is 35.5 Å². The van der Waals surface area contributed by atoms with Crippen molar-refractivity contribution in [3.8, 4) is 11.5 Å². The summed E-state index contributed by atoms with van der Waals surface area (Å²) >= 11 is 0. The molecule has 0 spiro atoms. The number of rotatable bonds is 7. The number of hydrogen-bond acceptors (Lipinski definition) is 5. The van der Waals surface area contributed by atoms with Crippen molar-refractivity contribution < 1.29 is 22.8 Å². The number of benzene rings is 1. The molecule has 0 N–H and O–H groups in total. The van der Waals surface area contributed by atoms with Gasteiger partial charge in [-0.2, -0.15) is 0 Å². The first-order valence-electron chi connectivity index (χ1n) is 5.50.